The van der Waals surface area contributed by atoms with Gasteiger partial charge in [-0.3, -0.25) is 4.79 Å². The number of nitrogen functional groups attached to an aromatic ring is 1. The van der Waals surface area contributed by atoms with Gasteiger partial charge in [-0.2, -0.15) is 4.98 Å². The highest BCUT2D eigenvalue weighted by molar-refractivity contribution is 5.60. The Morgan fingerprint density at radius 1 is 1.27 bits per heavy atom. The Bertz CT molecular complexity index is 531. The third-order valence-electron chi connectivity index (χ3n) is 2.26. The molecule has 0 aliphatic carbocycles. The summed E-state index contributed by atoms with van der Waals surface area (Å²) in [4.78, 5) is 14.9. The van der Waals surface area contributed by atoms with E-state index in [0.717, 1.165) is 11.3 Å². The molecule has 0 amide bonds. The van der Waals surface area contributed by atoms with Gasteiger partial charge in [-0.25, -0.2) is 0 Å². The number of rotatable bonds is 1. The van der Waals surface area contributed by atoms with Crippen LogP contribution in [0.3, 0.4) is 0 Å². The fourth-order valence-electron chi connectivity index (χ4n) is 1.44. The van der Waals surface area contributed by atoms with Crippen LogP contribution in [0.15, 0.2) is 41.2 Å². The van der Waals surface area contributed by atoms with Crippen LogP contribution in [0.2, 0.25) is 0 Å². The van der Waals surface area contributed by atoms with Gasteiger partial charge in [0.2, 0.25) is 5.95 Å². The minimum absolute atomic E-state index is 0.223. The maximum atomic E-state index is 11.2. The van der Waals surface area contributed by atoms with Crippen LogP contribution in [0.4, 0.5) is 5.95 Å². The van der Waals surface area contributed by atoms with E-state index in [-0.39, 0.29) is 11.5 Å². The van der Waals surface area contributed by atoms with E-state index in [1.807, 2.05) is 30.3 Å². The van der Waals surface area contributed by atoms with Gasteiger partial charge in [0.25, 0.3) is 5.56 Å². The minimum atomic E-state index is -0.315. The van der Waals surface area contributed by atoms with Crippen LogP contribution < -0.4 is 11.3 Å². The molecule has 0 bridgehead atoms. The van der Waals surface area contributed by atoms with Gasteiger partial charge in [0.1, 0.15) is 0 Å². The molecular formula is C11H11N3O. The molecule has 0 aliphatic rings. The Labute approximate surface area is 87.0 Å². The van der Waals surface area contributed by atoms with E-state index >= 15 is 0 Å². The normalized spacial score (nSPS) is 10.2. The molecule has 76 valence electrons. The van der Waals surface area contributed by atoms with Crippen LogP contribution in [0.25, 0.3) is 11.3 Å². The number of nitrogens with two attached hydrogens (primary N) is 1. The van der Waals surface area contributed by atoms with E-state index in [1.54, 1.807) is 11.6 Å². The molecule has 1 aromatic heterocycles. The number of hydrogen-bond acceptors (Lipinski definition) is 3. The summed E-state index contributed by atoms with van der Waals surface area (Å²) in [5.74, 6) is 0.223. The second kappa shape index (κ2) is 3.57. The van der Waals surface area contributed by atoms with Crippen molar-refractivity contribution in [2.45, 2.75) is 0 Å². The van der Waals surface area contributed by atoms with E-state index in [1.165, 1.54) is 6.07 Å². The standard InChI is InChI=1S/C11H11N3O/c1-14-9(7-10(15)13-11(14)12)8-5-3-2-4-6-8/h2-7H,1H3,(H2,12,13,15). The van der Waals surface area contributed by atoms with Crippen LogP contribution >= 0.6 is 0 Å². The van der Waals surface area contributed by atoms with Crippen LogP contribution in [-0.4, -0.2) is 9.55 Å². The van der Waals surface area contributed by atoms with Crippen LogP contribution in [0, 0.1) is 0 Å². The molecule has 1 aromatic carbocycles. The van der Waals surface area contributed by atoms with Gasteiger partial charge < -0.3 is 10.3 Å². The molecule has 0 atom stereocenters. The average Bonchev–Trinajstić information content (AvgIpc) is 2.24. The Kier molecular flexibility index (Phi) is 2.25. The van der Waals surface area contributed by atoms with Crippen molar-refractivity contribution in [2.24, 2.45) is 7.05 Å². The summed E-state index contributed by atoms with van der Waals surface area (Å²) >= 11 is 0. The zero-order valence-corrected chi connectivity index (χ0v) is 8.34. The van der Waals surface area contributed by atoms with Crippen molar-refractivity contribution < 1.29 is 0 Å². The molecule has 15 heavy (non-hydrogen) atoms. The average molecular weight is 201 g/mol. The van der Waals surface area contributed by atoms with Crippen molar-refractivity contribution >= 4 is 5.95 Å². The van der Waals surface area contributed by atoms with Crippen molar-refractivity contribution in [2.75, 3.05) is 5.73 Å². The molecule has 4 nitrogen and oxygen atoms in total. The van der Waals surface area contributed by atoms with Gasteiger partial charge in [-0.05, 0) is 5.56 Å². The fraction of sp³-hybridized carbons (Fsp3) is 0.0909. The highest BCUT2D eigenvalue weighted by Crippen LogP contribution is 2.17. The first-order valence-electron chi connectivity index (χ1n) is 4.57. The predicted molar refractivity (Wildman–Crippen MR) is 59.3 cm³/mol. The Morgan fingerprint density at radius 2 is 1.93 bits per heavy atom. The molecule has 0 radical (unpaired) electrons. The highest BCUT2D eigenvalue weighted by Gasteiger charge is 2.04. The van der Waals surface area contributed by atoms with Gasteiger partial charge in [0, 0.05) is 13.1 Å². The molecule has 2 rings (SSSR count). The Morgan fingerprint density at radius 3 is 2.60 bits per heavy atom. The van der Waals surface area contributed by atoms with E-state index < -0.39 is 0 Å². The summed E-state index contributed by atoms with van der Waals surface area (Å²) < 4.78 is 1.69. The van der Waals surface area contributed by atoms with E-state index in [2.05, 4.69) is 4.98 Å². The largest absolute Gasteiger partial charge is 0.369 e. The molecule has 0 aliphatic heterocycles. The first-order chi connectivity index (χ1) is 7.18. The lowest BCUT2D eigenvalue weighted by atomic mass is 10.1. The van der Waals surface area contributed by atoms with Crippen LogP contribution in [-0.2, 0) is 7.05 Å². The highest BCUT2D eigenvalue weighted by atomic mass is 16.1. The van der Waals surface area contributed by atoms with Gasteiger partial charge in [0.15, 0.2) is 0 Å². The third-order valence-corrected chi connectivity index (χ3v) is 2.26. The van der Waals surface area contributed by atoms with Gasteiger partial charge in [-0.1, -0.05) is 30.3 Å². The number of benzene rings is 1. The number of hydrogen-bond donors (Lipinski definition) is 1. The second-order valence-electron chi connectivity index (χ2n) is 3.26. The molecule has 0 saturated carbocycles. The second-order valence-corrected chi connectivity index (χ2v) is 3.26. The molecule has 0 unspecified atom stereocenters. The van der Waals surface area contributed by atoms with Crippen molar-refractivity contribution in [1.82, 2.24) is 9.55 Å². The monoisotopic (exact) mass is 201 g/mol. The lowest BCUT2D eigenvalue weighted by Gasteiger charge is -2.09. The minimum Gasteiger partial charge on any atom is -0.369 e. The predicted octanol–water partition coefficient (Wildman–Crippen LogP) is 1.03. The SMILES string of the molecule is Cn1c(-c2ccccc2)cc(=O)nc1N. The van der Waals surface area contributed by atoms with E-state index in [0.29, 0.717) is 0 Å². The lowest BCUT2D eigenvalue weighted by Crippen LogP contribution is -2.15. The van der Waals surface area contributed by atoms with Gasteiger partial charge >= 0.3 is 0 Å². The van der Waals surface area contributed by atoms with E-state index in [9.17, 15) is 4.79 Å². The van der Waals surface area contributed by atoms with Crippen molar-refractivity contribution in [3.8, 4) is 11.3 Å². The summed E-state index contributed by atoms with van der Waals surface area (Å²) in [6, 6.07) is 11.1. The molecule has 0 fully saturated rings. The summed E-state index contributed by atoms with van der Waals surface area (Å²) in [5, 5.41) is 0. The Hall–Kier alpha value is -2.10. The summed E-state index contributed by atoms with van der Waals surface area (Å²) in [5.41, 5.74) is 7.02. The molecule has 0 spiro atoms. The quantitative estimate of drug-likeness (QED) is 0.749. The molecule has 0 saturated heterocycles. The smallest absolute Gasteiger partial charge is 0.275 e. The van der Waals surface area contributed by atoms with Crippen molar-refractivity contribution in [3.05, 3.63) is 46.8 Å². The van der Waals surface area contributed by atoms with E-state index in [4.69, 9.17) is 5.73 Å². The molecule has 2 N–H and O–H groups in total. The molecular weight excluding hydrogens is 190 g/mol. The fourth-order valence-corrected chi connectivity index (χ4v) is 1.44. The van der Waals surface area contributed by atoms with Crippen molar-refractivity contribution in [3.63, 3.8) is 0 Å². The first-order valence-corrected chi connectivity index (χ1v) is 4.57. The van der Waals surface area contributed by atoms with Gasteiger partial charge in [0.05, 0.1) is 5.69 Å². The number of nitrogens with zero attached hydrogens (tertiary/aromatic N) is 2. The van der Waals surface area contributed by atoms with Crippen LogP contribution in [0.5, 0.6) is 0 Å². The zero-order chi connectivity index (χ0) is 10.8. The lowest BCUT2D eigenvalue weighted by molar-refractivity contribution is 0.883. The van der Waals surface area contributed by atoms with Crippen LogP contribution in [0.1, 0.15) is 0 Å². The third kappa shape index (κ3) is 1.74. The summed E-state index contributed by atoms with van der Waals surface area (Å²) in [7, 11) is 1.78. The maximum absolute atomic E-state index is 11.2. The van der Waals surface area contributed by atoms with Gasteiger partial charge in [-0.15, -0.1) is 0 Å². The topological polar surface area (TPSA) is 60.9 Å². The first kappa shape index (κ1) is 9.45. The zero-order valence-electron chi connectivity index (χ0n) is 8.34. The molecule has 4 heteroatoms. The number of anilines is 1. The number of aromatic nitrogens is 2. The molecule has 1 heterocycles. The maximum Gasteiger partial charge on any atom is 0.275 e. The summed E-state index contributed by atoms with van der Waals surface area (Å²) in [6.07, 6.45) is 0. The summed E-state index contributed by atoms with van der Waals surface area (Å²) in [6.45, 7) is 0. The molecule has 2 aromatic rings. The van der Waals surface area contributed by atoms with Crippen molar-refractivity contribution in [1.29, 1.82) is 0 Å². The Balaban J connectivity index is 2.68.